The monoisotopic (exact) mass is 363 g/mol. The largest absolute Gasteiger partial charge is 0.437 e. The normalized spacial score (nSPS) is 10.9. The number of fused-ring (bicyclic) bond motifs is 1. The Kier molecular flexibility index (Phi) is 3.92. The van der Waals surface area contributed by atoms with Crippen LogP contribution in [-0.2, 0) is 0 Å². The van der Waals surface area contributed by atoms with Crippen LogP contribution < -0.4 is 16.8 Å². The van der Waals surface area contributed by atoms with Gasteiger partial charge in [0, 0.05) is 16.8 Å². The Labute approximate surface area is 152 Å². The summed E-state index contributed by atoms with van der Waals surface area (Å²) in [4.78, 5) is 19.2. The number of anilines is 2. The molecule has 0 aliphatic heterocycles. The molecule has 0 atom stereocenters. The molecular formula is C19H14FN5O2. The summed E-state index contributed by atoms with van der Waals surface area (Å²) in [6, 6.07) is 12.3. The van der Waals surface area contributed by atoms with Crippen LogP contribution in [0.3, 0.4) is 0 Å². The van der Waals surface area contributed by atoms with Crippen LogP contribution in [0.15, 0.2) is 59.3 Å². The standard InChI is InChI=1S/C19H14FN5O2/c20-12-5-1-11(2-6-12)16-14(15-17(21)23-9-24-18(15)27-16)10-3-7-13(8-4-10)25-19(22)26/h1-9H,(H2,21,23,24)(H3,22,25,26). The molecule has 134 valence electrons. The van der Waals surface area contributed by atoms with Gasteiger partial charge in [0.15, 0.2) is 0 Å². The molecule has 2 amide bonds. The summed E-state index contributed by atoms with van der Waals surface area (Å²) >= 11 is 0. The molecule has 0 saturated carbocycles. The van der Waals surface area contributed by atoms with Gasteiger partial charge in [0.1, 0.15) is 23.7 Å². The van der Waals surface area contributed by atoms with E-state index in [0.717, 1.165) is 5.56 Å². The summed E-state index contributed by atoms with van der Waals surface area (Å²) in [5.74, 6) is 0.414. The maximum atomic E-state index is 13.3. The molecule has 27 heavy (non-hydrogen) atoms. The number of primary amides is 1. The Balaban J connectivity index is 1.93. The number of nitrogens with two attached hydrogens (primary N) is 2. The number of hydrogen-bond donors (Lipinski definition) is 3. The highest BCUT2D eigenvalue weighted by Gasteiger charge is 2.21. The van der Waals surface area contributed by atoms with E-state index in [-0.39, 0.29) is 11.6 Å². The minimum atomic E-state index is -0.652. The average molecular weight is 363 g/mol. The van der Waals surface area contributed by atoms with Crippen LogP contribution in [0.4, 0.5) is 20.7 Å². The first-order chi connectivity index (χ1) is 13.0. The lowest BCUT2D eigenvalue weighted by Crippen LogP contribution is -2.19. The maximum absolute atomic E-state index is 13.3. The fourth-order valence-corrected chi connectivity index (χ4v) is 2.90. The lowest BCUT2D eigenvalue weighted by molar-refractivity contribution is 0.259. The third-order valence-corrected chi connectivity index (χ3v) is 4.07. The number of rotatable bonds is 3. The van der Waals surface area contributed by atoms with E-state index in [1.54, 1.807) is 36.4 Å². The fraction of sp³-hybridized carbons (Fsp3) is 0. The summed E-state index contributed by atoms with van der Waals surface area (Å²) in [5.41, 5.74) is 14.2. The summed E-state index contributed by atoms with van der Waals surface area (Å²) in [5, 5.41) is 3.07. The summed E-state index contributed by atoms with van der Waals surface area (Å²) in [7, 11) is 0. The zero-order valence-electron chi connectivity index (χ0n) is 13.9. The molecule has 0 saturated heterocycles. The molecule has 0 fully saturated rings. The van der Waals surface area contributed by atoms with Crippen molar-refractivity contribution >= 4 is 28.6 Å². The SMILES string of the molecule is NC(=O)Nc1ccc(-c2c(-c3ccc(F)cc3)oc3ncnc(N)c23)cc1. The van der Waals surface area contributed by atoms with Crippen molar-refractivity contribution in [2.24, 2.45) is 5.73 Å². The van der Waals surface area contributed by atoms with E-state index in [0.29, 0.717) is 33.7 Å². The minimum absolute atomic E-state index is 0.270. The second-order valence-corrected chi connectivity index (χ2v) is 5.82. The molecule has 0 bridgehead atoms. The van der Waals surface area contributed by atoms with E-state index < -0.39 is 6.03 Å². The van der Waals surface area contributed by atoms with Crippen LogP contribution in [0.2, 0.25) is 0 Å². The zero-order valence-corrected chi connectivity index (χ0v) is 13.9. The third-order valence-electron chi connectivity index (χ3n) is 4.07. The van der Waals surface area contributed by atoms with Gasteiger partial charge in [-0.15, -0.1) is 0 Å². The summed E-state index contributed by atoms with van der Waals surface area (Å²) < 4.78 is 19.2. The first kappa shape index (κ1) is 16.5. The molecule has 0 radical (unpaired) electrons. The number of amides is 2. The van der Waals surface area contributed by atoms with Crippen molar-refractivity contribution in [2.45, 2.75) is 0 Å². The quantitative estimate of drug-likeness (QED) is 0.512. The zero-order chi connectivity index (χ0) is 19.0. The van der Waals surface area contributed by atoms with Gasteiger partial charge in [-0.1, -0.05) is 12.1 Å². The van der Waals surface area contributed by atoms with E-state index in [4.69, 9.17) is 15.9 Å². The fourth-order valence-electron chi connectivity index (χ4n) is 2.90. The molecule has 2 heterocycles. The highest BCUT2D eigenvalue weighted by Crippen LogP contribution is 2.42. The number of carbonyl (C=O) groups excluding carboxylic acids is 1. The number of nitrogens with zero attached hydrogens (tertiary/aromatic N) is 2. The van der Waals surface area contributed by atoms with Crippen LogP contribution in [-0.4, -0.2) is 16.0 Å². The molecule has 0 aliphatic rings. The molecule has 0 unspecified atom stereocenters. The maximum Gasteiger partial charge on any atom is 0.316 e. The van der Waals surface area contributed by atoms with Crippen molar-refractivity contribution in [3.05, 3.63) is 60.7 Å². The van der Waals surface area contributed by atoms with Gasteiger partial charge in [0.25, 0.3) is 0 Å². The van der Waals surface area contributed by atoms with E-state index >= 15 is 0 Å². The lowest BCUT2D eigenvalue weighted by atomic mass is 9.99. The van der Waals surface area contributed by atoms with Crippen molar-refractivity contribution in [2.75, 3.05) is 11.1 Å². The van der Waals surface area contributed by atoms with Crippen molar-refractivity contribution < 1.29 is 13.6 Å². The number of furan rings is 1. The van der Waals surface area contributed by atoms with E-state index in [1.165, 1.54) is 18.5 Å². The second kappa shape index (κ2) is 6.41. The van der Waals surface area contributed by atoms with Gasteiger partial charge in [-0.25, -0.2) is 19.2 Å². The molecule has 2 aromatic heterocycles. The number of nitrogens with one attached hydrogen (secondary N) is 1. The third kappa shape index (κ3) is 3.04. The number of nitrogen functional groups attached to an aromatic ring is 1. The predicted molar refractivity (Wildman–Crippen MR) is 100 cm³/mol. The predicted octanol–water partition coefficient (Wildman–Crippen LogP) is 3.77. The molecule has 4 aromatic rings. The van der Waals surface area contributed by atoms with Crippen molar-refractivity contribution in [3.63, 3.8) is 0 Å². The lowest BCUT2D eigenvalue weighted by Gasteiger charge is -2.07. The second-order valence-electron chi connectivity index (χ2n) is 5.82. The van der Waals surface area contributed by atoms with Crippen LogP contribution in [0.1, 0.15) is 0 Å². The molecule has 0 spiro atoms. The van der Waals surface area contributed by atoms with Gasteiger partial charge in [0.2, 0.25) is 5.71 Å². The number of halogens is 1. The van der Waals surface area contributed by atoms with Crippen molar-refractivity contribution in [1.29, 1.82) is 0 Å². The topological polar surface area (TPSA) is 120 Å². The van der Waals surface area contributed by atoms with E-state index in [9.17, 15) is 9.18 Å². The minimum Gasteiger partial charge on any atom is -0.437 e. The van der Waals surface area contributed by atoms with Crippen LogP contribution >= 0.6 is 0 Å². The Hall–Kier alpha value is -3.94. The van der Waals surface area contributed by atoms with Crippen molar-refractivity contribution in [3.8, 4) is 22.5 Å². The highest BCUT2D eigenvalue weighted by molar-refractivity contribution is 6.05. The van der Waals surface area contributed by atoms with Gasteiger partial charge in [-0.3, -0.25) is 0 Å². The van der Waals surface area contributed by atoms with Gasteiger partial charge in [-0.2, -0.15) is 0 Å². The molecule has 7 nitrogen and oxygen atoms in total. The smallest absolute Gasteiger partial charge is 0.316 e. The molecule has 0 aliphatic carbocycles. The summed E-state index contributed by atoms with van der Waals surface area (Å²) in [6.45, 7) is 0. The first-order valence-corrected chi connectivity index (χ1v) is 7.99. The van der Waals surface area contributed by atoms with E-state index in [2.05, 4.69) is 15.3 Å². The number of carbonyl (C=O) groups is 1. The first-order valence-electron chi connectivity index (χ1n) is 7.99. The highest BCUT2D eigenvalue weighted by atomic mass is 19.1. The molecular weight excluding hydrogens is 349 g/mol. The van der Waals surface area contributed by atoms with Gasteiger partial charge >= 0.3 is 6.03 Å². The number of hydrogen-bond acceptors (Lipinski definition) is 5. The molecule has 8 heteroatoms. The van der Waals surface area contributed by atoms with Crippen LogP contribution in [0, 0.1) is 5.82 Å². The van der Waals surface area contributed by atoms with Crippen LogP contribution in [0.25, 0.3) is 33.6 Å². The van der Waals surface area contributed by atoms with Crippen molar-refractivity contribution in [1.82, 2.24) is 9.97 Å². The number of benzene rings is 2. The molecule has 5 N–H and O–H groups in total. The summed E-state index contributed by atoms with van der Waals surface area (Å²) in [6.07, 6.45) is 1.32. The Morgan fingerprint density at radius 1 is 1.00 bits per heavy atom. The average Bonchev–Trinajstić information content (AvgIpc) is 3.03. The Morgan fingerprint density at radius 2 is 1.67 bits per heavy atom. The number of aromatic nitrogens is 2. The Bertz CT molecular complexity index is 1140. The van der Waals surface area contributed by atoms with Crippen LogP contribution in [0.5, 0.6) is 0 Å². The molecule has 4 rings (SSSR count). The van der Waals surface area contributed by atoms with Gasteiger partial charge in [-0.05, 0) is 42.0 Å². The number of urea groups is 1. The molecule has 2 aromatic carbocycles. The van der Waals surface area contributed by atoms with E-state index in [1.807, 2.05) is 0 Å². The van der Waals surface area contributed by atoms with Gasteiger partial charge < -0.3 is 21.2 Å². The Morgan fingerprint density at radius 3 is 2.33 bits per heavy atom. The van der Waals surface area contributed by atoms with Gasteiger partial charge in [0.05, 0.1) is 5.39 Å².